The predicted molar refractivity (Wildman–Crippen MR) is 107 cm³/mol. The average Bonchev–Trinajstić information content (AvgIpc) is 3.10. The van der Waals surface area contributed by atoms with Crippen molar-refractivity contribution in [1.29, 1.82) is 0 Å². The lowest BCUT2D eigenvalue weighted by Gasteiger charge is -2.08. The van der Waals surface area contributed by atoms with Crippen LogP contribution >= 0.6 is 0 Å². The van der Waals surface area contributed by atoms with Gasteiger partial charge in [-0.3, -0.25) is 9.59 Å². The minimum absolute atomic E-state index is 0.217. The Balaban J connectivity index is 1.30. The molecule has 146 valence electrons. The first-order valence-corrected chi connectivity index (χ1v) is 8.95. The highest BCUT2D eigenvalue weighted by Gasteiger charge is 2.10. The fourth-order valence-electron chi connectivity index (χ4n) is 2.91. The number of para-hydroxylation sites is 1. The number of fused-ring (bicyclic) bond motifs is 3. The molecule has 0 saturated carbocycles. The zero-order valence-electron chi connectivity index (χ0n) is 15.3. The van der Waals surface area contributed by atoms with Gasteiger partial charge in [0.15, 0.2) is 6.61 Å². The molecular weight excluding hydrogens is 375 g/mol. The molecule has 29 heavy (non-hydrogen) atoms. The first-order valence-electron chi connectivity index (χ1n) is 8.95. The standard InChI is InChI=1S/C22H17FN2O4/c23-14-5-7-15(8-6-14)25-21(26)12-24-22(27)13-28-16-9-10-20-18(11-16)17-3-1-2-4-19(17)29-20/h1-11H,12-13H2,(H,24,27)(H,25,26). The zero-order chi connectivity index (χ0) is 20.2. The van der Waals surface area contributed by atoms with Gasteiger partial charge in [0.25, 0.3) is 5.91 Å². The van der Waals surface area contributed by atoms with Gasteiger partial charge in [-0.25, -0.2) is 4.39 Å². The smallest absolute Gasteiger partial charge is 0.258 e. The van der Waals surface area contributed by atoms with Crippen LogP contribution in [0.3, 0.4) is 0 Å². The Morgan fingerprint density at radius 1 is 0.897 bits per heavy atom. The van der Waals surface area contributed by atoms with E-state index in [2.05, 4.69) is 10.6 Å². The molecule has 0 aliphatic rings. The molecule has 1 aromatic heterocycles. The summed E-state index contributed by atoms with van der Waals surface area (Å²) in [4.78, 5) is 23.8. The Bertz CT molecular complexity index is 1180. The Morgan fingerprint density at radius 3 is 2.48 bits per heavy atom. The molecule has 0 aliphatic carbocycles. The first kappa shape index (κ1) is 18.5. The van der Waals surface area contributed by atoms with Crippen LogP contribution in [0.5, 0.6) is 5.75 Å². The Labute approximate surface area is 165 Å². The van der Waals surface area contributed by atoms with Crippen molar-refractivity contribution >= 4 is 39.4 Å². The average molecular weight is 392 g/mol. The Hall–Kier alpha value is -3.87. The summed E-state index contributed by atoms with van der Waals surface area (Å²) in [5.41, 5.74) is 1.97. The molecule has 0 saturated heterocycles. The molecule has 4 aromatic rings. The van der Waals surface area contributed by atoms with Gasteiger partial charge in [-0.05, 0) is 48.5 Å². The van der Waals surface area contributed by atoms with Gasteiger partial charge < -0.3 is 19.8 Å². The van der Waals surface area contributed by atoms with E-state index in [9.17, 15) is 14.0 Å². The summed E-state index contributed by atoms with van der Waals surface area (Å²) >= 11 is 0. The van der Waals surface area contributed by atoms with Crippen molar-refractivity contribution in [2.75, 3.05) is 18.5 Å². The highest BCUT2D eigenvalue weighted by molar-refractivity contribution is 6.05. The fraction of sp³-hybridized carbons (Fsp3) is 0.0909. The molecule has 0 radical (unpaired) electrons. The number of amides is 2. The van der Waals surface area contributed by atoms with E-state index in [1.165, 1.54) is 24.3 Å². The lowest BCUT2D eigenvalue weighted by atomic mass is 10.1. The number of hydrogen-bond donors (Lipinski definition) is 2. The van der Waals surface area contributed by atoms with Crippen LogP contribution in [0, 0.1) is 5.82 Å². The first-order chi connectivity index (χ1) is 14.1. The van der Waals surface area contributed by atoms with Crippen molar-refractivity contribution in [2.24, 2.45) is 0 Å². The lowest BCUT2D eigenvalue weighted by Crippen LogP contribution is -2.35. The molecule has 0 spiro atoms. The van der Waals surface area contributed by atoms with Gasteiger partial charge in [0, 0.05) is 16.5 Å². The fourth-order valence-corrected chi connectivity index (χ4v) is 2.91. The summed E-state index contributed by atoms with van der Waals surface area (Å²) in [5, 5.41) is 6.91. The van der Waals surface area contributed by atoms with Crippen LogP contribution in [0.2, 0.25) is 0 Å². The summed E-state index contributed by atoms with van der Waals surface area (Å²) in [7, 11) is 0. The second-order valence-corrected chi connectivity index (χ2v) is 6.38. The topological polar surface area (TPSA) is 80.6 Å². The second kappa shape index (κ2) is 8.02. The minimum Gasteiger partial charge on any atom is -0.484 e. The number of nitrogens with one attached hydrogen (secondary N) is 2. The number of furan rings is 1. The third-order valence-corrected chi connectivity index (χ3v) is 4.29. The monoisotopic (exact) mass is 392 g/mol. The van der Waals surface area contributed by atoms with E-state index in [0.717, 1.165) is 21.9 Å². The van der Waals surface area contributed by atoms with Crippen LogP contribution < -0.4 is 15.4 Å². The maximum atomic E-state index is 12.9. The van der Waals surface area contributed by atoms with Gasteiger partial charge in [0.2, 0.25) is 5.91 Å². The van der Waals surface area contributed by atoms with Crippen LogP contribution in [0.15, 0.2) is 71.1 Å². The molecule has 0 unspecified atom stereocenters. The van der Waals surface area contributed by atoms with E-state index < -0.39 is 17.6 Å². The summed E-state index contributed by atoms with van der Waals surface area (Å²) < 4.78 is 24.1. The number of carbonyl (C=O) groups excluding carboxylic acids is 2. The van der Waals surface area contributed by atoms with Crippen molar-refractivity contribution in [2.45, 2.75) is 0 Å². The molecule has 2 N–H and O–H groups in total. The molecule has 3 aromatic carbocycles. The van der Waals surface area contributed by atoms with Crippen molar-refractivity contribution in [3.05, 3.63) is 72.5 Å². The quantitative estimate of drug-likeness (QED) is 0.522. The summed E-state index contributed by atoms with van der Waals surface area (Å²) in [5.74, 6) is -0.724. The van der Waals surface area contributed by atoms with Crippen LogP contribution in [-0.4, -0.2) is 25.0 Å². The molecule has 0 fully saturated rings. The van der Waals surface area contributed by atoms with Crippen LogP contribution in [0.25, 0.3) is 21.9 Å². The molecule has 4 rings (SSSR count). The number of ether oxygens (including phenoxy) is 1. The Kier molecular flexibility index (Phi) is 5.11. The normalized spacial score (nSPS) is 10.8. The van der Waals surface area contributed by atoms with E-state index in [1.807, 2.05) is 30.3 Å². The highest BCUT2D eigenvalue weighted by atomic mass is 19.1. The molecule has 1 heterocycles. The van der Waals surface area contributed by atoms with Crippen molar-refractivity contribution in [1.82, 2.24) is 5.32 Å². The van der Waals surface area contributed by atoms with E-state index in [4.69, 9.17) is 9.15 Å². The lowest BCUT2D eigenvalue weighted by molar-refractivity contribution is -0.125. The van der Waals surface area contributed by atoms with Gasteiger partial charge in [-0.15, -0.1) is 0 Å². The van der Waals surface area contributed by atoms with Crippen molar-refractivity contribution in [3.8, 4) is 5.75 Å². The highest BCUT2D eigenvalue weighted by Crippen LogP contribution is 2.31. The Morgan fingerprint density at radius 2 is 1.66 bits per heavy atom. The maximum absolute atomic E-state index is 12.9. The van der Waals surface area contributed by atoms with Crippen LogP contribution in [0.1, 0.15) is 0 Å². The van der Waals surface area contributed by atoms with Crippen LogP contribution in [-0.2, 0) is 9.59 Å². The molecule has 6 nitrogen and oxygen atoms in total. The second-order valence-electron chi connectivity index (χ2n) is 6.38. The summed E-state index contributed by atoms with van der Waals surface area (Å²) in [6, 6.07) is 18.4. The zero-order valence-corrected chi connectivity index (χ0v) is 15.3. The number of hydrogen-bond acceptors (Lipinski definition) is 4. The van der Waals surface area contributed by atoms with Crippen LogP contribution in [0.4, 0.5) is 10.1 Å². The SMILES string of the molecule is O=C(COc1ccc2oc3ccccc3c2c1)NCC(=O)Nc1ccc(F)cc1. The van der Waals surface area contributed by atoms with E-state index in [1.54, 1.807) is 12.1 Å². The predicted octanol–water partition coefficient (Wildman–Crippen LogP) is 3.86. The number of carbonyl (C=O) groups is 2. The molecule has 2 amide bonds. The molecule has 0 atom stereocenters. The van der Waals surface area contributed by atoms with Gasteiger partial charge in [0.1, 0.15) is 22.7 Å². The van der Waals surface area contributed by atoms with Gasteiger partial charge >= 0.3 is 0 Å². The third-order valence-electron chi connectivity index (χ3n) is 4.29. The van der Waals surface area contributed by atoms with Gasteiger partial charge in [-0.2, -0.15) is 0 Å². The molecule has 7 heteroatoms. The van der Waals surface area contributed by atoms with E-state index in [-0.39, 0.29) is 13.2 Å². The van der Waals surface area contributed by atoms with Crippen molar-refractivity contribution < 1.29 is 23.1 Å². The molecule has 0 aliphatic heterocycles. The van der Waals surface area contributed by atoms with Gasteiger partial charge in [-0.1, -0.05) is 18.2 Å². The van der Waals surface area contributed by atoms with E-state index >= 15 is 0 Å². The van der Waals surface area contributed by atoms with Gasteiger partial charge in [0.05, 0.1) is 6.54 Å². The maximum Gasteiger partial charge on any atom is 0.258 e. The minimum atomic E-state index is -0.434. The van der Waals surface area contributed by atoms with E-state index in [0.29, 0.717) is 11.4 Å². The molecular formula is C22H17FN2O4. The number of benzene rings is 3. The number of anilines is 1. The largest absolute Gasteiger partial charge is 0.484 e. The molecule has 0 bridgehead atoms. The van der Waals surface area contributed by atoms with Crippen molar-refractivity contribution in [3.63, 3.8) is 0 Å². The number of rotatable bonds is 6. The third kappa shape index (κ3) is 4.35. The summed E-state index contributed by atoms with van der Waals surface area (Å²) in [6.45, 7) is -0.448. The number of halogens is 1. The summed E-state index contributed by atoms with van der Waals surface area (Å²) in [6.07, 6.45) is 0.